The van der Waals surface area contributed by atoms with E-state index in [1.54, 1.807) is 36.4 Å². The van der Waals surface area contributed by atoms with Crippen LogP contribution in [-0.2, 0) is 4.79 Å². The molecule has 1 aliphatic rings. The van der Waals surface area contributed by atoms with E-state index in [1.807, 2.05) is 26.0 Å². The molecule has 0 saturated carbocycles. The van der Waals surface area contributed by atoms with Gasteiger partial charge in [-0.1, -0.05) is 35.6 Å². The SMILES string of the molecule is COc1cccc2cc(C(=O)C3=C(O)C(=O)N(c4nc5cc(C)c(C)cc5s4)C3c3ccc(O)cc3)oc12. The van der Waals surface area contributed by atoms with Crippen molar-refractivity contribution in [2.75, 3.05) is 12.0 Å². The van der Waals surface area contributed by atoms with E-state index in [2.05, 4.69) is 4.98 Å². The molecule has 1 atom stereocenters. The predicted octanol–water partition coefficient (Wildman–Crippen LogP) is 6.16. The number of phenols is 1. The molecule has 1 amide bonds. The van der Waals surface area contributed by atoms with Gasteiger partial charge in [0.2, 0.25) is 5.78 Å². The van der Waals surface area contributed by atoms with E-state index in [9.17, 15) is 19.8 Å². The highest BCUT2D eigenvalue weighted by molar-refractivity contribution is 7.22. The number of nitrogens with zero attached hydrogens (tertiary/aromatic N) is 2. The Hall–Kier alpha value is -4.63. The fourth-order valence-electron chi connectivity index (χ4n) is 4.72. The van der Waals surface area contributed by atoms with Crippen LogP contribution >= 0.6 is 11.3 Å². The standard InChI is InChI=1S/C29H22N2O6S/c1-14-11-19-22(12-15(14)2)38-29(30-19)31-24(16-7-9-18(32)10-8-16)23(26(34)28(31)35)25(33)21-13-17-5-4-6-20(36-3)27(17)37-21/h4-13,24,32,34H,1-3H3. The second-order valence-corrected chi connectivity index (χ2v) is 10.2. The van der Waals surface area contributed by atoms with Gasteiger partial charge in [-0.05, 0) is 66.9 Å². The number of carbonyl (C=O) groups excluding carboxylic acids is 2. The number of Topliss-reactive ketones (excluding diaryl/α,β-unsaturated/α-hetero) is 1. The number of aromatic hydroxyl groups is 1. The third-order valence-corrected chi connectivity index (χ3v) is 7.83. The molecule has 0 fully saturated rings. The molecule has 0 aliphatic carbocycles. The average molecular weight is 527 g/mol. The second kappa shape index (κ2) is 8.74. The fourth-order valence-corrected chi connectivity index (χ4v) is 5.79. The average Bonchev–Trinajstić information content (AvgIpc) is 3.58. The lowest BCUT2D eigenvalue weighted by Crippen LogP contribution is -2.30. The van der Waals surface area contributed by atoms with Crippen LogP contribution in [0.4, 0.5) is 5.13 Å². The maximum Gasteiger partial charge on any atom is 0.296 e. The Morgan fingerprint density at radius 2 is 1.79 bits per heavy atom. The molecule has 6 rings (SSSR count). The van der Waals surface area contributed by atoms with Gasteiger partial charge < -0.3 is 19.4 Å². The predicted molar refractivity (Wildman–Crippen MR) is 144 cm³/mol. The summed E-state index contributed by atoms with van der Waals surface area (Å²) in [6.45, 7) is 3.99. The summed E-state index contributed by atoms with van der Waals surface area (Å²) in [4.78, 5) is 33.4. The molecule has 1 aliphatic heterocycles. The van der Waals surface area contributed by atoms with E-state index in [-0.39, 0.29) is 17.1 Å². The largest absolute Gasteiger partial charge is 0.508 e. The van der Waals surface area contributed by atoms with Gasteiger partial charge in [0.1, 0.15) is 5.75 Å². The highest BCUT2D eigenvalue weighted by Crippen LogP contribution is 2.45. The number of aromatic nitrogens is 1. The normalized spacial score (nSPS) is 15.7. The van der Waals surface area contributed by atoms with Crippen molar-refractivity contribution in [3.63, 3.8) is 0 Å². The number of anilines is 1. The zero-order valence-corrected chi connectivity index (χ0v) is 21.5. The maximum absolute atomic E-state index is 13.9. The van der Waals surface area contributed by atoms with Crippen molar-refractivity contribution >= 4 is 49.3 Å². The van der Waals surface area contributed by atoms with Crippen molar-refractivity contribution in [1.82, 2.24) is 4.98 Å². The number of ether oxygens (including phenoxy) is 1. The number of phenolic OH excluding ortho intramolecular Hbond substituents is 1. The summed E-state index contributed by atoms with van der Waals surface area (Å²) in [5, 5.41) is 21.9. The Morgan fingerprint density at radius 1 is 1.05 bits per heavy atom. The van der Waals surface area contributed by atoms with E-state index in [0.29, 0.717) is 32.9 Å². The molecule has 1 unspecified atom stereocenters. The molecule has 5 aromatic rings. The van der Waals surface area contributed by atoms with Crippen LogP contribution in [0.2, 0.25) is 0 Å². The minimum atomic E-state index is -0.992. The Labute approximate surface area is 221 Å². The lowest BCUT2D eigenvalue weighted by molar-refractivity contribution is -0.117. The number of benzene rings is 3. The molecule has 0 radical (unpaired) electrons. The van der Waals surface area contributed by atoms with Gasteiger partial charge in [-0.3, -0.25) is 14.5 Å². The number of hydrogen-bond donors (Lipinski definition) is 2. The number of rotatable bonds is 5. The van der Waals surface area contributed by atoms with Crippen molar-refractivity contribution in [2.45, 2.75) is 19.9 Å². The van der Waals surface area contributed by atoms with Crippen LogP contribution in [0.25, 0.3) is 21.2 Å². The Bertz CT molecular complexity index is 1760. The van der Waals surface area contributed by atoms with E-state index in [1.165, 1.54) is 35.5 Å². The van der Waals surface area contributed by atoms with E-state index in [0.717, 1.165) is 15.8 Å². The summed E-state index contributed by atoms with van der Waals surface area (Å²) in [6, 6.07) is 15.9. The first-order valence-corrected chi connectivity index (χ1v) is 12.6. The van der Waals surface area contributed by atoms with Gasteiger partial charge in [0.25, 0.3) is 5.91 Å². The van der Waals surface area contributed by atoms with Crippen LogP contribution in [-0.4, -0.2) is 34.0 Å². The van der Waals surface area contributed by atoms with Gasteiger partial charge in [0, 0.05) is 5.39 Å². The monoisotopic (exact) mass is 526 g/mol. The lowest BCUT2D eigenvalue weighted by atomic mass is 9.95. The number of aryl methyl sites for hydroxylation is 2. The molecule has 38 heavy (non-hydrogen) atoms. The minimum Gasteiger partial charge on any atom is -0.508 e. The number of furan rings is 1. The zero-order chi connectivity index (χ0) is 26.7. The third-order valence-electron chi connectivity index (χ3n) is 6.81. The van der Waals surface area contributed by atoms with E-state index < -0.39 is 23.5 Å². The second-order valence-electron chi connectivity index (χ2n) is 9.15. The summed E-state index contributed by atoms with van der Waals surface area (Å²) < 4.78 is 12.1. The van der Waals surface area contributed by atoms with Crippen LogP contribution in [0, 0.1) is 13.8 Å². The molecule has 2 N–H and O–H groups in total. The molecule has 3 aromatic carbocycles. The molecular formula is C29H22N2O6S. The zero-order valence-electron chi connectivity index (χ0n) is 20.7. The van der Waals surface area contributed by atoms with Gasteiger partial charge in [-0.25, -0.2) is 4.98 Å². The number of methoxy groups -OCH3 is 1. The van der Waals surface area contributed by atoms with Gasteiger partial charge in [0.05, 0.1) is 28.9 Å². The van der Waals surface area contributed by atoms with Gasteiger partial charge in [-0.2, -0.15) is 0 Å². The molecule has 0 saturated heterocycles. The topological polar surface area (TPSA) is 113 Å². The molecule has 2 aromatic heterocycles. The van der Waals surface area contributed by atoms with Gasteiger partial charge >= 0.3 is 0 Å². The van der Waals surface area contributed by atoms with Crippen molar-refractivity contribution in [2.24, 2.45) is 0 Å². The molecule has 8 nitrogen and oxygen atoms in total. The van der Waals surface area contributed by atoms with Gasteiger partial charge in [0.15, 0.2) is 28.0 Å². The summed E-state index contributed by atoms with van der Waals surface area (Å²) in [5.74, 6) is -1.61. The number of ketones is 1. The first kappa shape index (κ1) is 23.7. The van der Waals surface area contributed by atoms with Crippen LogP contribution in [0.1, 0.15) is 33.3 Å². The molecule has 0 bridgehead atoms. The molecule has 9 heteroatoms. The van der Waals surface area contributed by atoms with Gasteiger partial charge in [-0.15, -0.1) is 0 Å². The Morgan fingerprint density at radius 3 is 2.53 bits per heavy atom. The van der Waals surface area contributed by atoms with Crippen molar-refractivity contribution in [3.05, 3.63) is 94.4 Å². The summed E-state index contributed by atoms with van der Waals surface area (Å²) in [6.07, 6.45) is 0. The minimum absolute atomic E-state index is 0.0287. The first-order chi connectivity index (χ1) is 18.3. The highest BCUT2D eigenvalue weighted by Gasteiger charge is 2.46. The van der Waals surface area contributed by atoms with Crippen LogP contribution < -0.4 is 9.64 Å². The maximum atomic E-state index is 13.9. The van der Waals surface area contributed by atoms with Crippen molar-refractivity contribution in [3.8, 4) is 11.5 Å². The van der Waals surface area contributed by atoms with Crippen molar-refractivity contribution < 1.29 is 29.0 Å². The molecule has 190 valence electrons. The number of thiazole rings is 1. The number of aliphatic hydroxyl groups excluding tert-OH is 1. The van der Waals surface area contributed by atoms with Crippen LogP contribution in [0.5, 0.6) is 11.5 Å². The summed E-state index contributed by atoms with van der Waals surface area (Å²) in [7, 11) is 1.50. The quantitative estimate of drug-likeness (QED) is 0.264. The smallest absolute Gasteiger partial charge is 0.296 e. The third kappa shape index (κ3) is 3.62. The Kier molecular flexibility index (Phi) is 5.46. The molecule has 0 spiro atoms. The highest BCUT2D eigenvalue weighted by atomic mass is 32.1. The van der Waals surface area contributed by atoms with Crippen LogP contribution in [0.3, 0.4) is 0 Å². The molecular weight excluding hydrogens is 504 g/mol. The summed E-state index contributed by atoms with van der Waals surface area (Å²) >= 11 is 1.30. The number of para-hydroxylation sites is 1. The lowest BCUT2D eigenvalue weighted by Gasteiger charge is -2.24. The first-order valence-electron chi connectivity index (χ1n) is 11.8. The molecule has 3 heterocycles. The Balaban J connectivity index is 1.51. The number of aliphatic hydroxyl groups is 1. The van der Waals surface area contributed by atoms with E-state index in [4.69, 9.17) is 9.15 Å². The van der Waals surface area contributed by atoms with Crippen molar-refractivity contribution in [1.29, 1.82) is 0 Å². The number of fused-ring (bicyclic) bond motifs is 2. The number of amides is 1. The number of hydrogen-bond acceptors (Lipinski definition) is 8. The number of carbonyl (C=O) groups is 2. The summed E-state index contributed by atoms with van der Waals surface area (Å²) in [5.41, 5.74) is 3.64. The fraction of sp³-hybridized carbons (Fsp3) is 0.138. The van der Waals surface area contributed by atoms with Crippen LogP contribution in [0.15, 0.2) is 76.4 Å². The van der Waals surface area contributed by atoms with E-state index >= 15 is 0 Å².